The molecule has 1 N–H and O–H groups in total. The SMILES string of the molecule is Fc1nc(OCCC2C=CCCC2)c2[nH]cnc2n1. The van der Waals surface area contributed by atoms with Gasteiger partial charge in [0.05, 0.1) is 12.9 Å². The fourth-order valence-corrected chi connectivity index (χ4v) is 2.32. The molecule has 0 aliphatic heterocycles. The quantitative estimate of drug-likeness (QED) is 0.679. The van der Waals surface area contributed by atoms with Crippen molar-refractivity contribution in [2.75, 3.05) is 6.61 Å². The second-order valence-electron chi connectivity index (χ2n) is 4.66. The van der Waals surface area contributed by atoms with Crippen LogP contribution in [0.2, 0.25) is 0 Å². The van der Waals surface area contributed by atoms with Gasteiger partial charge in [0, 0.05) is 0 Å². The van der Waals surface area contributed by atoms with E-state index in [1.54, 1.807) is 0 Å². The number of halogens is 1. The van der Waals surface area contributed by atoms with Crippen molar-refractivity contribution >= 4 is 11.2 Å². The molecule has 0 saturated heterocycles. The molecule has 0 saturated carbocycles. The van der Waals surface area contributed by atoms with Crippen LogP contribution in [0.3, 0.4) is 0 Å². The molecule has 0 bridgehead atoms. The lowest BCUT2D eigenvalue weighted by atomic mass is 9.93. The van der Waals surface area contributed by atoms with Gasteiger partial charge < -0.3 is 9.72 Å². The van der Waals surface area contributed by atoms with Gasteiger partial charge >= 0.3 is 6.08 Å². The molecule has 19 heavy (non-hydrogen) atoms. The highest BCUT2D eigenvalue weighted by Gasteiger charge is 2.12. The predicted octanol–water partition coefficient (Wildman–Crippen LogP) is 2.62. The zero-order valence-electron chi connectivity index (χ0n) is 10.5. The minimum absolute atomic E-state index is 0.236. The molecule has 3 rings (SSSR count). The molecule has 2 heterocycles. The van der Waals surface area contributed by atoms with E-state index in [0.29, 0.717) is 23.7 Å². The Hall–Kier alpha value is -1.98. The second-order valence-corrected chi connectivity index (χ2v) is 4.66. The maximum Gasteiger partial charge on any atom is 0.314 e. The van der Waals surface area contributed by atoms with Gasteiger partial charge in [-0.1, -0.05) is 12.2 Å². The van der Waals surface area contributed by atoms with Gasteiger partial charge in [-0.25, -0.2) is 4.98 Å². The van der Waals surface area contributed by atoms with Crippen molar-refractivity contribution in [3.63, 3.8) is 0 Å². The number of aromatic amines is 1. The molecule has 0 radical (unpaired) electrons. The normalized spacial score (nSPS) is 18.9. The summed E-state index contributed by atoms with van der Waals surface area (Å²) in [4.78, 5) is 14.0. The van der Waals surface area contributed by atoms with E-state index >= 15 is 0 Å². The second kappa shape index (κ2) is 5.34. The Bertz CT molecular complexity index is 595. The summed E-state index contributed by atoms with van der Waals surface area (Å²) < 4.78 is 18.8. The van der Waals surface area contributed by atoms with Crippen LogP contribution in [0.1, 0.15) is 25.7 Å². The van der Waals surface area contributed by atoms with Crippen LogP contribution >= 0.6 is 0 Å². The summed E-state index contributed by atoms with van der Waals surface area (Å²) >= 11 is 0. The number of H-pyrrole nitrogens is 1. The van der Waals surface area contributed by atoms with Crippen LogP contribution in [-0.4, -0.2) is 26.5 Å². The molecule has 1 aliphatic carbocycles. The van der Waals surface area contributed by atoms with E-state index in [2.05, 4.69) is 32.1 Å². The number of hydrogen-bond donors (Lipinski definition) is 1. The molecule has 1 atom stereocenters. The van der Waals surface area contributed by atoms with Gasteiger partial charge in [-0.05, 0) is 31.6 Å². The lowest BCUT2D eigenvalue weighted by Crippen LogP contribution is -2.09. The van der Waals surface area contributed by atoms with Crippen LogP contribution in [0, 0.1) is 12.0 Å². The molecule has 0 spiro atoms. The average molecular weight is 262 g/mol. The zero-order chi connectivity index (χ0) is 13.1. The summed E-state index contributed by atoms with van der Waals surface area (Å²) in [7, 11) is 0. The monoisotopic (exact) mass is 262 g/mol. The van der Waals surface area contributed by atoms with Crippen LogP contribution in [0.4, 0.5) is 4.39 Å². The number of nitrogens with one attached hydrogen (secondary N) is 1. The Morgan fingerprint density at radius 3 is 3.21 bits per heavy atom. The summed E-state index contributed by atoms with van der Waals surface area (Å²) in [5.41, 5.74) is 0.834. The summed E-state index contributed by atoms with van der Waals surface area (Å²) in [5, 5.41) is 0. The molecule has 0 amide bonds. The number of fused-ring (bicyclic) bond motifs is 1. The number of nitrogens with zero attached hydrogens (tertiary/aromatic N) is 3. The van der Waals surface area contributed by atoms with Crippen molar-refractivity contribution in [3.8, 4) is 5.88 Å². The third kappa shape index (κ3) is 2.72. The standard InChI is InChI=1S/C13H15FN4O/c14-13-17-11-10(15-8-16-11)12(18-13)19-7-6-9-4-2-1-3-5-9/h2,4,8-9H,1,3,5-7H2,(H,15,16,17,18). The third-order valence-corrected chi connectivity index (χ3v) is 3.31. The van der Waals surface area contributed by atoms with Crippen molar-refractivity contribution in [1.29, 1.82) is 0 Å². The van der Waals surface area contributed by atoms with Gasteiger partial charge in [-0.2, -0.15) is 14.4 Å². The fourth-order valence-electron chi connectivity index (χ4n) is 2.32. The number of aromatic nitrogens is 4. The van der Waals surface area contributed by atoms with E-state index in [-0.39, 0.29) is 5.88 Å². The molecule has 1 unspecified atom stereocenters. The van der Waals surface area contributed by atoms with Crippen molar-refractivity contribution in [1.82, 2.24) is 19.9 Å². The highest BCUT2D eigenvalue weighted by molar-refractivity contribution is 5.74. The van der Waals surface area contributed by atoms with Gasteiger partial charge in [0.25, 0.3) is 0 Å². The van der Waals surface area contributed by atoms with Crippen molar-refractivity contribution < 1.29 is 9.13 Å². The van der Waals surface area contributed by atoms with Gasteiger partial charge in [-0.3, -0.25) is 0 Å². The lowest BCUT2D eigenvalue weighted by Gasteiger charge is -2.16. The van der Waals surface area contributed by atoms with Gasteiger partial charge in [0.1, 0.15) is 5.52 Å². The Morgan fingerprint density at radius 1 is 1.42 bits per heavy atom. The van der Waals surface area contributed by atoms with Crippen LogP contribution in [-0.2, 0) is 0 Å². The third-order valence-electron chi connectivity index (χ3n) is 3.31. The van der Waals surface area contributed by atoms with E-state index in [9.17, 15) is 4.39 Å². The van der Waals surface area contributed by atoms with Crippen LogP contribution in [0.15, 0.2) is 18.5 Å². The average Bonchev–Trinajstić information content (AvgIpc) is 2.88. The highest BCUT2D eigenvalue weighted by atomic mass is 19.1. The van der Waals surface area contributed by atoms with Crippen molar-refractivity contribution in [3.05, 3.63) is 24.6 Å². The topological polar surface area (TPSA) is 63.7 Å². The van der Waals surface area contributed by atoms with Gasteiger partial charge in [-0.15, -0.1) is 0 Å². The molecule has 0 fully saturated rings. The number of ether oxygens (including phenoxy) is 1. The van der Waals surface area contributed by atoms with Gasteiger partial charge in [0.15, 0.2) is 5.65 Å². The molecular formula is C13H15FN4O. The Kier molecular flexibility index (Phi) is 3.39. The number of hydrogen-bond acceptors (Lipinski definition) is 4. The predicted molar refractivity (Wildman–Crippen MR) is 68.2 cm³/mol. The maximum atomic E-state index is 13.2. The van der Waals surface area contributed by atoms with E-state index in [1.807, 2.05) is 0 Å². The summed E-state index contributed by atoms with van der Waals surface area (Å²) in [6, 6.07) is 0. The maximum absolute atomic E-state index is 13.2. The smallest absolute Gasteiger partial charge is 0.314 e. The fraction of sp³-hybridized carbons (Fsp3) is 0.462. The van der Waals surface area contributed by atoms with Crippen molar-refractivity contribution in [2.24, 2.45) is 5.92 Å². The minimum atomic E-state index is -0.813. The van der Waals surface area contributed by atoms with Crippen LogP contribution in [0.25, 0.3) is 11.2 Å². The summed E-state index contributed by atoms with van der Waals surface area (Å²) in [6.07, 6.45) is 9.60. The molecule has 2 aromatic rings. The van der Waals surface area contributed by atoms with Crippen LogP contribution in [0.5, 0.6) is 5.88 Å². The van der Waals surface area contributed by atoms with Gasteiger partial charge in [0.2, 0.25) is 5.88 Å². The Morgan fingerprint density at radius 2 is 2.37 bits per heavy atom. The van der Waals surface area contributed by atoms with E-state index < -0.39 is 6.08 Å². The number of imidazole rings is 1. The summed E-state index contributed by atoms with van der Waals surface area (Å²) in [6.45, 7) is 0.513. The molecule has 1 aliphatic rings. The largest absolute Gasteiger partial charge is 0.476 e. The van der Waals surface area contributed by atoms with Crippen LogP contribution < -0.4 is 4.74 Å². The van der Waals surface area contributed by atoms with Crippen molar-refractivity contribution in [2.45, 2.75) is 25.7 Å². The van der Waals surface area contributed by atoms with E-state index in [0.717, 1.165) is 6.42 Å². The molecular weight excluding hydrogens is 247 g/mol. The Labute approximate surface area is 109 Å². The molecule has 0 aromatic carbocycles. The molecule has 100 valence electrons. The first kappa shape index (κ1) is 12.1. The Balaban J connectivity index is 1.66. The molecule has 5 nitrogen and oxygen atoms in total. The van der Waals surface area contributed by atoms with E-state index in [1.165, 1.54) is 25.6 Å². The molecule has 6 heteroatoms. The van der Waals surface area contributed by atoms with E-state index in [4.69, 9.17) is 4.74 Å². The first-order chi connectivity index (χ1) is 9.33. The lowest BCUT2D eigenvalue weighted by molar-refractivity contribution is 0.273. The zero-order valence-corrected chi connectivity index (χ0v) is 10.5. The molecule has 2 aromatic heterocycles. The first-order valence-corrected chi connectivity index (χ1v) is 6.49. The minimum Gasteiger partial charge on any atom is -0.476 e. The highest BCUT2D eigenvalue weighted by Crippen LogP contribution is 2.22. The number of allylic oxidation sites excluding steroid dienone is 2. The summed E-state index contributed by atoms with van der Waals surface area (Å²) in [5.74, 6) is 0.789. The first-order valence-electron chi connectivity index (χ1n) is 6.49. The number of rotatable bonds is 4.